The summed E-state index contributed by atoms with van der Waals surface area (Å²) in [6.45, 7) is 4.00. The van der Waals surface area contributed by atoms with E-state index in [0.29, 0.717) is 30.1 Å². The average Bonchev–Trinajstić information content (AvgIpc) is 2.42. The second-order valence-corrected chi connectivity index (χ2v) is 7.72. The minimum absolute atomic E-state index is 0.0631. The van der Waals surface area contributed by atoms with Gasteiger partial charge < -0.3 is 14.2 Å². The first-order valence-electron chi connectivity index (χ1n) is 7.33. The van der Waals surface area contributed by atoms with Crippen LogP contribution in [0.3, 0.4) is 0 Å². The molecule has 0 aliphatic rings. The summed E-state index contributed by atoms with van der Waals surface area (Å²) < 4.78 is 38.4. The number of methoxy groups -OCH3 is 1. The molecule has 0 unspecified atom stereocenters. The van der Waals surface area contributed by atoms with Crippen molar-refractivity contribution >= 4 is 15.6 Å². The van der Waals surface area contributed by atoms with Crippen molar-refractivity contribution in [2.75, 3.05) is 32.3 Å². The number of Topliss-reactive ketones (excluding diaryl/α,β-unsaturated/α-hetero) is 1. The fourth-order valence-corrected chi connectivity index (χ4v) is 2.58. The van der Waals surface area contributed by atoms with Gasteiger partial charge in [-0.1, -0.05) is 0 Å². The van der Waals surface area contributed by atoms with Gasteiger partial charge in [0, 0.05) is 25.0 Å². The zero-order valence-electron chi connectivity index (χ0n) is 14.0. The van der Waals surface area contributed by atoms with Gasteiger partial charge in [0.1, 0.15) is 27.4 Å². The lowest BCUT2D eigenvalue weighted by molar-refractivity contribution is 0.0914. The van der Waals surface area contributed by atoms with Gasteiger partial charge in [-0.2, -0.15) is 0 Å². The number of hydrogen-bond donors (Lipinski definition) is 0. The van der Waals surface area contributed by atoms with Gasteiger partial charge in [-0.25, -0.2) is 8.42 Å². The number of hydrogen-bond acceptors (Lipinski definition) is 6. The molecule has 130 valence electrons. The van der Waals surface area contributed by atoms with Gasteiger partial charge in [0.15, 0.2) is 5.78 Å². The van der Waals surface area contributed by atoms with Crippen LogP contribution in [-0.4, -0.2) is 52.6 Å². The van der Waals surface area contributed by atoms with E-state index in [1.54, 1.807) is 25.3 Å². The lowest BCUT2D eigenvalue weighted by Gasteiger charge is -2.16. The van der Waals surface area contributed by atoms with E-state index < -0.39 is 9.84 Å². The number of ketones is 1. The van der Waals surface area contributed by atoms with Crippen LogP contribution in [0.2, 0.25) is 0 Å². The summed E-state index contributed by atoms with van der Waals surface area (Å²) in [5.41, 5.74) is 0.477. The van der Waals surface area contributed by atoms with Crippen molar-refractivity contribution < 1.29 is 27.4 Å². The second kappa shape index (κ2) is 8.88. The molecule has 23 heavy (non-hydrogen) atoms. The monoisotopic (exact) mass is 344 g/mol. The van der Waals surface area contributed by atoms with Crippen LogP contribution in [0.5, 0.6) is 11.5 Å². The predicted molar refractivity (Wildman–Crippen MR) is 88.2 cm³/mol. The van der Waals surface area contributed by atoms with E-state index in [0.717, 1.165) is 0 Å². The van der Waals surface area contributed by atoms with Crippen molar-refractivity contribution in [2.45, 2.75) is 26.4 Å². The number of rotatable bonds is 10. The lowest BCUT2D eigenvalue weighted by Crippen LogP contribution is -2.18. The molecular formula is C16H24O6S. The summed E-state index contributed by atoms with van der Waals surface area (Å²) in [6.07, 6.45) is 1.41. The third-order valence-electron chi connectivity index (χ3n) is 2.95. The van der Waals surface area contributed by atoms with Gasteiger partial charge in [-0.15, -0.1) is 0 Å². The molecule has 0 aromatic heterocycles. The van der Waals surface area contributed by atoms with E-state index in [1.807, 2.05) is 6.92 Å². The Morgan fingerprint density at radius 3 is 2.43 bits per heavy atom. The van der Waals surface area contributed by atoms with Gasteiger partial charge in [-0.3, -0.25) is 4.79 Å². The van der Waals surface area contributed by atoms with Gasteiger partial charge in [0.2, 0.25) is 0 Å². The standard InChI is InChI=1S/C16H24O6S/c1-12(11-20-3)22-16-9-14(13(2)17)8-15(10-16)21-6-5-7-23(4,18)19/h8-10,12H,5-7,11H2,1-4H3/t12-/m0/s1. The summed E-state index contributed by atoms with van der Waals surface area (Å²) in [4.78, 5) is 11.6. The molecule has 1 atom stereocenters. The molecule has 1 rings (SSSR count). The Bertz CT molecular complexity index is 623. The summed E-state index contributed by atoms with van der Waals surface area (Å²) >= 11 is 0. The highest BCUT2D eigenvalue weighted by molar-refractivity contribution is 7.90. The molecule has 0 heterocycles. The fraction of sp³-hybridized carbons (Fsp3) is 0.562. The van der Waals surface area contributed by atoms with Gasteiger partial charge in [0.05, 0.1) is 19.0 Å². The smallest absolute Gasteiger partial charge is 0.160 e. The Morgan fingerprint density at radius 1 is 1.22 bits per heavy atom. The highest BCUT2D eigenvalue weighted by Crippen LogP contribution is 2.24. The van der Waals surface area contributed by atoms with Crippen LogP contribution in [0.4, 0.5) is 0 Å². The summed E-state index contributed by atoms with van der Waals surface area (Å²) in [7, 11) is -1.42. The van der Waals surface area contributed by atoms with Gasteiger partial charge >= 0.3 is 0 Å². The van der Waals surface area contributed by atoms with Crippen LogP contribution in [0.15, 0.2) is 18.2 Å². The van der Waals surface area contributed by atoms with Gasteiger partial charge in [0.25, 0.3) is 0 Å². The van der Waals surface area contributed by atoms with Crippen molar-refractivity contribution in [1.29, 1.82) is 0 Å². The molecule has 7 heteroatoms. The third-order valence-corrected chi connectivity index (χ3v) is 3.98. The quantitative estimate of drug-likeness (QED) is 0.478. The summed E-state index contributed by atoms with van der Waals surface area (Å²) in [5, 5.41) is 0. The van der Waals surface area contributed by atoms with Crippen LogP contribution in [-0.2, 0) is 14.6 Å². The SMILES string of the molecule is COC[C@H](C)Oc1cc(OCCCS(C)(=O)=O)cc(C(C)=O)c1. The molecule has 6 nitrogen and oxygen atoms in total. The Hall–Kier alpha value is -1.60. The van der Waals surface area contributed by atoms with Crippen LogP contribution >= 0.6 is 0 Å². The van der Waals surface area contributed by atoms with Crippen molar-refractivity contribution in [1.82, 2.24) is 0 Å². The molecule has 1 aromatic carbocycles. The topological polar surface area (TPSA) is 78.9 Å². The molecule has 0 aliphatic heterocycles. The molecule has 0 saturated heterocycles. The molecule has 0 spiro atoms. The number of carbonyl (C=O) groups excluding carboxylic acids is 1. The summed E-state index contributed by atoms with van der Waals surface area (Å²) in [5.74, 6) is 0.954. The molecule has 0 radical (unpaired) electrons. The van der Waals surface area contributed by atoms with Crippen LogP contribution in [0.25, 0.3) is 0 Å². The number of sulfone groups is 1. The predicted octanol–water partition coefficient (Wildman–Crippen LogP) is 2.12. The minimum atomic E-state index is -3.00. The molecule has 0 aliphatic carbocycles. The minimum Gasteiger partial charge on any atom is -0.493 e. The van der Waals surface area contributed by atoms with E-state index in [1.165, 1.54) is 13.2 Å². The van der Waals surface area contributed by atoms with Crippen molar-refractivity contribution in [3.8, 4) is 11.5 Å². The Morgan fingerprint density at radius 2 is 1.87 bits per heavy atom. The molecule has 0 saturated carbocycles. The van der Waals surface area contributed by atoms with Crippen LogP contribution in [0, 0.1) is 0 Å². The zero-order valence-corrected chi connectivity index (χ0v) is 14.8. The Kier molecular flexibility index (Phi) is 7.51. The molecule has 0 N–H and O–H groups in total. The molecule has 0 fully saturated rings. The molecule has 0 amide bonds. The molecule has 1 aromatic rings. The second-order valence-electron chi connectivity index (χ2n) is 5.46. The fourth-order valence-electron chi connectivity index (χ4n) is 1.94. The maximum Gasteiger partial charge on any atom is 0.160 e. The van der Waals surface area contributed by atoms with E-state index in [-0.39, 0.29) is 24.2 Å². The first-order valence-corrected chi connectivity index (χ1v) is 9.39. The molecular weight excluding hydrogens is 320 g/mol. The third kappa shape index (κ3) is 7.99. The van der Waals surface area contributed by atoms with Gasteiger partial charge in [-0.05, 0) is 32.4 Å². The average molecular weight is 344 g/mol. The maximum atomic E-state index is 11.6. The molecule has 0 bridgehead atoms. The maximum absolute atomic E-state index is 11.6. The number of carbonyl (C=O) groups is 1. The highest BCUT2D eigenvalue weighted by Gasteiger charge is 2.10. The normalized spacial score (nSPS) is 12.7. The Balaban J connectivity index is 2.77. The zero-order chi connectivity index (χ0) is 17.5. The van der Waals surface area contributed by atoms with Crippen LogP contribution in [0.1, 0.15) is 30.6 Å². The van der Waals surface area contributed by atoms with E-state index in [4.69, 9.17) is 14.2 Å². The summed E-state index contributed by atoms with van der Waals surface area (Å²) in [6, 6.07) is 4.95. The van der Waals surface area contributed by atoms with Crippen LogP contribution < -0.4 is 9.47 Å². The largest absolute Gasteiger partial charge is 0.493 e. The van der Waals surface area contributed by atoms with Crippen molar-refractivity contribution in [3.05, 3.63) is 23.8 Å². The van der Waals surface area contributed by atoms with E-state index >= 15 is 0 Å². The van der Waals surface area contributed by atoms with E-state index in [9.17, 15) is 13.2 Å². The number of benzene rings is 1. The van der Waals surface area contributed by atoms with E-state index in [2.05, 4.69) is 0 Å². The Labute approximate surface area is 137 Å². The first kappa shape index (κ1) is 19.4. The highest BCUT2D eigenvalue weighted by atomic mass is 32.2. The lowest BCUT2D eigenvalue weighted by atomic mass is 10.1. The first-order chi connectivity index (χ1) is 10.7. The number of ether oxygens (including phenoxy) is 3. The van der Waals surface area contributed by atoms with Crippen molar-refractivity contribution in [3.63, 3.8) is 0 Å². The van der Waals surface area contributed by atoms with Crippen molar-refractivity contribution in [2.24, 2.45) is 0 Å².